The van der Waals surface area contributed by atoms with Crippen molar-refractivity contribution in [2.45, 2.75) is 36.4 Å². The predicted octanol–water partition coefficient (Wildman–Crippen LogP) is 2.95. The standard InChI is InChI=1S/C18H20FN3O3S/c1-25-16(24)18(9-3-4-10-18)21-15(23)14-11-20-17(26-2)22(14)13-7-5-12(19)6-8-13/h5-8,11H,3-4,9-10H2,1-2H3,(H,21,23). The first-order valence-corrected chi connectivity index (χ1v) is 9.52. The molecule has 3 rings (SSSR count). The average molecular weight is 377 g/mol. The van der Waals surface area contributed by atoms with E-state index in [0.717, 1.165) is 12.8 Å². The van der Waals surface area contributed by atoms with E-state index in [0.29, 0.717) is 23.7 Å². The zero-order valence-electron chi connectivity index (χ0n) is 14.6. The van der Waals surface area contributed by atoms with Crippen LogP contribution in [0.3, 0.4) is 0 Å². The fourth-order valence-corrected chi connectivity index (χ4v) is 3.86. The van der Waals surface area contributed by atoms with Crippen molar-refractivity contribution in [3.63, 3.8) is 0 Å². The molecule has 0 spiro atoms. The second-order valence-corrected chi connectivity index (χ2v) is 6.95. The number of carbonyl (C=O) groups excluding carboxylic acids is 2. The smallest absolute Gasteiger partial charge is 0.331 e. The number of thioether (sulfide) groups is 1. The number of carbonyl (C=O) groups is 2. The number of nitrogens with zero attached hydrogens (tertiary/aromatic N) is 2. The lowest BCUT2D eigenvalue weighted by Gasteiger charge is -2.27. The third-order valence-electron chi connectivity index (χ3n) is 4.62. The maximum Gasteiger partial charge on any atom is 0.331 e. The summed E-state index contributed by atoms with van der Waals surface area (Å²) in [5.41, 5.74) is -0.0865. The number of ether oxygens (including phenoxy) is 1. The van der Waals surface area contributed by atoms with Crippen molar-refractivity contribution < 1.29 is 18.7 Å². The molecule has 6 nitrogen and oxygen atoms in total. The van der Waals surface area contributed by atoms with Crippen LogP contribution >= 0.6 is 11.8 Å². The van der Waals surface area contributed by atoms with Gasteiger partial charge in [0.2, 0.25) is 0 Å². The van der Waals surface area contributed by atoms with Crippen LogP contribution in [0.5, 0.6) is 0 Å². The van der Waals surface area contributed by atoms with Crippen molar-refractivity contribution in [3.8, 4) is 5.69 Å². The number of esters is 1. The lowest BCUT2D eigenvalue weighted by Crippen LogP contribution is -2.53. The number of nitrogens with one attached hydrogen (secondary N) is 1. The Morgan fingerprint density at radius 3 is 2.50 bits per heavy atom. The van der Waals surface area contributed by atoms with Gasteiger partial charge in [0, 0.05) is 5.69 Å². The van der Waals surface area contributed by atoms with Gasteiger partial charge in [-0.25, -0.2) is 14.2 Å². The van der Waals surface area contributed by atoms with Crippen LogP contribution in [0.4, 0.5) is 4.39 Å². The fourth-order valence-electron chi connectivity index (χ4n) is 3.31. The number of amides is 1. The van der Waals surface area contributed by atoms with Gasteiger partial charge in [-0.15, -0.1) is 0 Å². The molecule has 2 aromatic rings. The molecule has 138 valence electrons. The molecule has 0 radical (unpaired) electrons. The monoisotopic (exact) mass is 377 g/mol. The topological polar surface area (TPSA) is 73.2 Å². The van der Waals surface area contributed by atoms with Crippen LogP contribution in [0.1, 0.15) is 36.2 Å². The van der Waals surface area contributed by atoms with Crippen LogP contribution < -0.4 is 5.32 Å². The molecule has 0 atom stereocenters. The van der Waals surface area contributed by atoms with E-state index < -0.39 is 17.4 Å². The summed E-state index contributed by atoms with van der Waals surface area (Å²) in [7, 11) is 1.32. The zero-order valence-corrected chi connectivity index (χ0v) is 15.4. The normalized spacial score (nSPS) is 15.7. The number of hydrogen-bond donors (Lipinski definition) is 1. The Labute approximate surface area is 155 Å². The second-order valence-electron chi connectivity index (χ2n) is 6.18. The van der Waals surface area contributed by atoms with E-state index in [2.05, 4.69) is 10.3 Å². The fraction of sp³-hybridized carbons (Fsp3) is 0.389. The third kappa shape index (κ3) is 3.33. The molecule has 1 N–H and O–H groups in total. The van der Waals surface area contributed by atoms with Gasteiger partial charge in [0.1, 0.15) is 17.1 Å². The first kappa shape index (κ1) is 18.4. The minimum Gasteiger partial charge on any atom is -0.467 e. The Hall–Kier alpha value is -2.35. The molecular formula is C18H20FN3O3S. The third-order valence-corrected chi connectivity index (χ3v) is 5.27. The Kier molecular flexibility index (Phi) is 5.31. The minimum absolute atomic E-state index is 0.288. The molecule has 1 aliphatic carbocycles. The number of benzene rings is 1. The number of aromatic nitrogens is 2. The Bertz CT molecular complexity index is 814. The van der Waals surface area contributed by atoms with Crippen LogP contribution in [-0.4, -0.2) is 40.3 Å². The molecule has 8 heteroatoms. The van der Waals surface area contributed by atoms with E-state index in [9.17, 15) is 14.0 Å². The Morgan fingerprint density at radius 2 is 1.92 bits per heavy atom. The molecule has 0 unspecified atom stereocenters. The molecule has 1 aromatic heterocycles. The van der Waals surface area contributed by atoms with Gasteiger partial charge in [-0.1, -0.05) is 24.6 Å². The second kappa shape index (κ2) is 7.49. The maximum atomic E-state index is 13.3. The molecule has 0 bridgehead atoms. The van der Waals surface area contributed by atoms with Gasteiger partial charge >= 0.3 is 5.97 Å². The van der Waals surface area contributed by atoms with Gasteiger partial charge in [0.15, 0.2) is 5.16 Å². The first-order valence-electron chi connectivity index (χ1n) is 8.29. The zero-order chi connectivity index (χ0) is 18.7. The summed E-state index contributed by atoms with van der Waals surface area (Å²) < 4.78 is 19.8. The van der Waals surface area contributed by atoms with Crippen molar-refractivity contribution in [1.29, 1.82) is 0 Å². The van der Waals surface area contributed by atoms with E-state index in [1.54, 1.807) is 16.7 Å². The van der Waals surface area contributed by atoms with Crippen molar-refractivity contribution in [3.05, 3.63) is 42.0 Å². The van der Waals surface area contributed by atoms with E-state index in [1.807, 2.05) is 6.26 Å². The molecule has 1 fully saturated rings. The molecule has 1 amide bonds. The molecule has 0 saturated heterocycles. The summed E-state index contributed by atoms with van der Waals surface area (Å²) in [4.78, 5) is 29.5. The van der Waals surface area contributed by atoms with Crippen molar-refractivity contribution in [2.75, 3.05) is 13.4 Å². The number of imidazole rings is 1. The molecule has 0 aliphatic heterocycles. The van der Waals surface area contributed by atoms with Crippen LogP contribution in [0.15, 0.2) is 35.6 Å². The highest BCUT2D eigenvalue weighted by molar-refractivity contribution is 7.98. The summed E-state index contributed by atoms with van der Waals surface area (Å²) in [5, 5.41) is 3.46. The molecule has 1 saturated carbocycles. The molecule has 26 heavy (non-hydrogen) atoms. The lowest BCUT2D eigenvalue weighted by atomic mass is 9.97. The van der Waals surface area contributed by atoms with Crippen LogP contribution in [0.2, 0.25) is 0 Å². The van der Waals surface area contributed by atoms with Gasteiger partial charge in [0.25, 0.3) is 5.91 Å². The van der Waals surface area contributed by atoms with E-state index >= 15 is 0 Å². The molecular weight excluding hydrogens is 357 g/mol. The Balaban J connectivity index is 1.96. The molecule has 1 aromatic carbocycles. The van der Waals surface area contributed by atoms with Gasteiger partial charge < -0.3 is 10.1 Å². The SMILES string of the molecule is COC(=O)C1(NC(=O)c2cnc(SC)n2-c2ccc(F)cc2)CCCC1. The van der Waals surface area contributed by atoms with Crippen molar-refractivity contribution in [1.82, 2.24) is 14.9 Å². The summed E-state index contributed by atoms with van der Waals surface area (Å²) in [5.74, 6) is -1.20. The van der Waals surface area contributed by atoms with Gasteiger partial charge in [-0.2, -0.15) is 0 Å². The number of rotatable bonds is 5. The largest absolute Gasteiger partial charge is 0.467 e. The highest BCUT2D eigenvalue weighted by atomic mass is 32.2. The highest BCUT2D eigenvalue weighted by Crippen LogP contribution is 2.31. The highest BCUT2D eigenvalue weighted by Gasteiger charge is 2.44. The summed E-state index contributed by atoms with van der Waals surface area (Å²) >= 11 is 1.37. The van der Waals surface area contributed by atoms with E-state index in [1.165, 1.54) is 37.2 Å². The van der Waals surface area contributed by atoms with Crippen LogP contribution in [-0.2, 0) is 9.53 Å². The average Bonchev–Trinajstić information content (AvgIpc) is 3.29. The summed E-state index contributed by atoms with van der Waals surface area (Å²) in [6.45, 7) is 0. The van der Waals surface area contributed by atoms with E-state index in [4.69, 9.17) is 4.74 Å². The molecule has 1 aliphatic rings. The summed E-state index contributed by atoms with van der Waals surface area (Å²) in [6.07, 6.45) is 6.10. The van der Waals surface area contributed by atoms with Crippen LogP contribution in [0.25, 0.3) is 5.69 Å². The predicted molar refractivity (Wildman–Crippen MR) is 96.0 cm³/mol. The van der Waals surface area contributed by atoms with Gasteiger partial charge in [-0.3, -0.25) is 9.36 Å². The maximum absolute atomic E-state index is 13.3. The van der Waals surface area contributed by atoms with Crippen LogP contribution in [0, 0.1) is 5.82 Å². The number of halogens is 1. The van der Waals surface area contributed by atoms with E-state index in [-0.39, 0.29) is 11.5 Å². The minimum atomic E-state index is -0.997. The Morgan fingerprint density at radius 1 is 1.27 bits per heavy atom. The number of hydrogen-bond acceptors (Lipinski definition) is 5. The van der Waals surface area contributed by atoms with Crippen molar-refractivity contribution >= 4 is 23.6 Å². The summed E-state index contributed by atoms with van der Waals surface area (Å²) in [6, 6.07) is 5.82. The lowest BCUT2D eigenvalue weighted by molar-refractivity contribution is -0.148. The van der Waals surface area contributed by atoms with Gasteiger partial charge in [0.05, 0.1) is 13.3 Å². The molecule has 1 heterocycles. The van der Waals surface area contributed by atoms with Crippen molar-refractivity contribution in [2.24, 2.45) is 0 Å². The quantitative estimate of drug-likeness (QED) is 0.641. The number of methoxy groups -OCH3 is 1. The van der Waals surface area contributed by atoms with Gasteiger partial charge in [-0.05, 0) is 43.4 Å². The first-order chi connectivity index (χ1) is 12.5.